The summed E-state index contributed by atoms with van der Waals surface area (Å²) in [5.74, 6) is 0.773. The second-order valence-corrected chi connectivity index (χ2v) is 6.18. The van der Waals surface area contributed by atoms with Crippen molar-refractivity contribution in [1.29, 1.82) is 0 Å². The van der Waals surface area contributed by atoms with Crippen molar-refractivity contribution in [2.45, 2.75) is 58.0 Å². The van der Waals surface area contributed by atoms with Gasteiger partial charge in [-0.3, -0.25) is 9.69 Å². The third-order valence-electron chi connectivity index (χ3n) is 4.74. The zero-order valence-electron chi connectivity index (χ0n) is 14.0. The molecular formula is C18H28N2O2. The summed E-state index contributed by atoms with van der Waals surface area (Å²) < 4.78 is 5.43. The first-order valence-corrected chi connectivity index (χ1v) is 8.33. The number of rotatable bonds is 6. The summed E-state index contributed by atoms with van der Waals surface area (Å²) in [6.07, 6.45) is 6.25. The predicted octanol–water partition coefficient (Wildman–Crippen LogP) is 3.50. The molecule has 2 N–H and O–H groups in total. The van der Waals surface area contributed by atoms with E-state index in [1.165, 1.54) is 32.1 Å². The largest absolute Gasteiger partial charge is 0.492 e. The van der Waals surface area contributed by atoms with Crippen LogP contribution in [0.1, 0.15) is 56.3 Å². The van der Waals surface area contributed by atoms with E-state index in [0.29, 0.717) is 29.6 Å². The lowest BCUT2D eigenvalue weighted by atomic mass is 9.92. The van der Waals surface area contributed by atoms with Gasteiger partial charge >= 0.3 is 0 Å². The molecule has 2 rings (SSSR count). The van der Waals surface area contributed by atoms with Gasteiger partial charge in [0.05, 0.1) is 18.3 Å². The number of ether oxygens (including phenoxy) is 1. The van der Waals surface area contributed by atoms with Gasteiger partial charge < -0.3 is 10.5 Å². The molecule has 1 aromatic carbocycles. The molecule has 4 nitrogen and oxygen atoms in total. The van der Waals surface area contributed by atoms with Crippen molar-refractivity contribution >= 4 is 11.5 Å². The molecule has 0 radical (unpaired) electrons. The minimum absolute atomic E-state index is 0.125. The molecule has 1 fully saturated rings. The van der Waals surface area contributed by atoms with Crippen LogP contribution in [0.15, 0.2) is 18.2 Å². The quantitative estimate of drug-likeness (QED) is 0.645. The van der Waals surface area contributed by atoms with Gasteiger partial charge in [-0.05, 0) is 51.9 Å². The first-order chi connectivity index (χ1) is 10.5. The molecular weight excluding hydrogens is 276 g/mol. The van der Waals surface area contributed by atoms with Gasteiger partial charge in [0.1, 0.15) is 5.75 Å². The fourth-order valence-electron chi connectivity index (χ4n) is 3.22. The van der Waals surface area contributed by atoms with Crippen LogP contribution in [0, 0.1) is 0 Å². The van der Waals surface area contributed by atoms with Crippen molar-refractivity contribution in [1.82, 2.24) is 4.90 Å². The Balaban J connectivity index is 2.07. The van der Waals surface area contributed by atoms with Crippen LogP contribution in [0.25, 0.3) is 0 Å². The summed E-state index contributed by atoms with van der Waals surface area (Å²) in [7, 11) is 2.07. The molecule has 4 heteroatoms. The highest BCUT2D eigenvalue weighted by atomic mass is 16.5. The zero-order chi connectivity index (χ0) is 16.1. The number of nitrogen functional groups attached to an aromatic ring is 1. The average molecular weight is 304 g/mol. The number of nitrogens with zero attached hydrogens (tertiary/aromatic N) is 1. The SMILES string of the molecule is CCOc1ccc(C(=O)C(C)N(C)C2CCCCC2)cc1N. The van der Waals surface area contributed by atoms with Crippen molar-refractivity contribution in [3.63, 3.8) is 0 Å². The molecule has 0 aromatic heterocycles. The Labute approximate surface area is 133 Å². The van der Waals surface area contributed by atoms with Gasteiger partial charge in [-0.2, -0.15) is 0 Å². The van der Waals surface area contributed by atoms with Gasteiger partial charge in [-0.25, -0.2) is 0 Å². The fourth-order valence-corrected chi connectivity index (χ4v) is 3.22. The summed E-state index contributed by atoms with van der Waals surface area (Å²) in [6, 6.07) is 5.74. The minimum atomic E-state index is -0.125. The molecule has 0 saturated heterocycles. The van der Waals surface area contributed by atoms with Crippen molar-refractivity contribution in [3.8, 4) is 5.75 Å². The van der Waals surface area contributed by atoms with E-state index < -0.39 is 0 Å². The van der Waals surface area contributed by atoms with E-state index in [0.717, 1.165) is 0 Å². The normalized spacial score (nSPS) is 17.5. The highest BCUT2D eigenvalue weighted by Crippen LogP contribution is 2.26. The molecule has 1 unspecified atom stereocenters. The standard InChI is InChI=1S/C18H28N2O2/c1-4-22-17-11-10-14(12-16(17)19)18(21)13(2)20(3)15-8-6-5-7-9-15/h10-13,15H,4-9,19H2,1-3H3. The molecule has 1 aliphatic rings. The highest BCUT2D eigenvalue weighted by Gasteiger charge is 2.27. The monoisotopic (exact) mass is 304 g/mol. The lowest BCUT2D eigenvalue weighted by Crippen LogP contribution is -2.43. The maximum atomic E-state index is 12.7. The van der Waals surface area contributed by atoms with E-state index in [1.54, 1.807) is 12.1 Å². The van der Waals surface area contributed by atoms with Crippen LogP contribution in [0.5, 0.6) is 5.75 Å². The summed E-state index contributed by atoms with van der Waals surface area (Å²) in [5.41, 5.74) is 7.16. The van der Waals surface area contributed by atoms with Gasteiger partial charge in [0.2, 0.25) is 0 Å². The molecule has 1 atom stereocenters. The van der Waals surface area contributed by atoms with Crippen LogP contribution in [0.2, 0.25) is 0 Å². The van der Waals surface area contributed by atoms with Crippen LogP contribution in [0.3, 0.4) is 0 Å². The fraction of sp³-hybridized carbons (Fsp3) is 0.611. The van der Waals surface area contributed by atoms with Crippen molar-refractivity contribution in [2.24, 2.45) is 0 Å². The van der Waals surface area contributed by atoms with Crippen molar-refractivity contribution in [2.75, 3.05) is 19.4 Å². The van der Waals surface area contributed by atoms with Crippen LogP contribution >= 0.6 is 0 Å². The molecule has 0 aliphatic heterocycles. The summed E-state index contributed by atoms with van der Waals surface area (Å²) >= 11 is 0. The maximum Gasteiger partial charge on any atom is 0.179 e. The predicted molar refractivity (Wildman–Crippen MR) is 90.5 cm³/mol. The first-order valence-electron chi connectivity index (χ1n) is 8.33. The Morgan fingerprint density at radius 1 is 1.36 bits per heavy atom. The zero-order valence-corrected chi connectivity index (χ0v) is 14.0. The molecule has 122 valence electrons. The Bertz CT molecular complexity index is 510. The van der Waals surface area contributed by atoms with Crippen LogP contribution in [-0.2, 0) is 0 Å². The molecule has 1 saturated carbocycles. The second kappa shape index (κ2) is 7.63. The number of nitrogens with two attached hydrogens (primary N) is 1. The molecule has 1 aromatic rings. The summed E-state index contributed by atoms with van der Waals surface area (Å²) in [4.78, 5) is 14.9. The number of anilines is 1. The van der Waals surface area contributed by atoms with E-state index in [1.807, 2.05) is 19.9 Å². The van der Waals surface area contributed by atoms with Gasteiger partial charge in [0, 0.05) is 11.6 Å². The number of carbonyl (C=O) groups excluding carboxylic acids is 1. The van der Waals surface area contributed by atoms with Gasteiger partial charge in [-0.15, -0.1) is 0 Å². The van der Waals surface area contributed by atoms with Crippen LogP contribution in [-0.4, -0.2) is 36.4 Å². The van der Waals surface area contributed by atoms with Gasteiger partial charge in [0.15, 0.2) is 5.78 Å². The van der Waals surface area contributed by atoms with E-state index in [2.05, 4.69) is 11.9 Å². The molecule has 0 heterocycles. The smallest absolute Gasteiger partial charge is 0.179 e. The number of hydrogen-bond acceptors (Lipinski definition) is 4. The third-order valence-corrected chi connectivity index (χ3v) is 4.74. The van der Waals surface area contributed by atoms with Gasteiger partial charge in [0.25, 0.3) is 0 Å². The molecule has 0 amide bonds. The number of carbonyl (C=O) groups is 1. The average Bonchev–Trinajstić information content (AvgIpc) is 2.55. The minimum Gasteiger partial charge on any atom is -0.492 e. The lowest BCUT2D eigenvalue weighted by molar-refractivity contribution is 0.0778. The van der Waals surface area contributed by atoms with E-state index in [4.69, 9.17) is 10.5 Å². The first kappa shape index (κ1) is 16.8. The molecule has 0 spiro atoms. The topological polar surface area (TPSA) is 55.6 Å². The van der Waals surface area contributed by atoms with Gasteiger partial charge in [-0.1, -0.05) is 19.3 Å². The number of hydrogen-bond donors (Lipinski definition) is 1. The number of Topliss-reactive ketones (excluding diaryl/α,β-unsaturated/α-hetero) is 1. The Morgan fingerprint density at radius 2 is 2.05 bits per heavy atom. The van der Waals surface area contributed by atoms with E-state index in [-0.39, 0.29) is 11.8 Å². The second-order valence-electron chi connectivity index (χ2n) is 6.18. The van der Waals surface area contributed by atoms with Crippen molar-refractivity contribution < 1.29 is 9.53 Å². The number of likely N-dealkylation sites (N-methyl/N-ethyl adjacent to an activating group) is 1. The third kappa shape index (κ3) is 3.80. The Hall–Kier alpha value is -1.55. The van der Waals surface area contributed by atoms with Crippen LogP contribution < -0.4 is 10.5 Å². The lowest BCUT2D eigenvalue weighted by Gasteiger charge is -2.34. The van der Waals surface area contributed by atoms with Crippen molar-refractivity contribution in [3.05, 3.63) is 23.8 Å². The van der Waals surface area contributed by atoms with E-state index >= 15 is 0 Å². The van der Waals surface area contributed by atoms with Crippen LogP contribution in [0.4, 0.5) is 5.69 Å². The number of benzene rings is 1. The Kier molecular flexibility index (Phi) is 5.83. The summed E-state index contributed by atoms with van der Waals surface area (Å²) in [5, 5.41) is 0. The molecule has 1 aliphatic carbocycles. The maximum absolute atomic E-state index is 12.7. The number of ketones is 1. The molecule has 0 bridgehead atoms. The summed E-state index contributed by atoms with van der Waals surface area (Å²) in [6.45, 7) is 4.47. The molecule has 22 heavy (non-hydrogen) atoms. The Morgan fingerprint density at radius 3 is 2.64 bits per heavy atom. The van der Waals surface area contributed by atoms with E-state index in [9.17, 15) is 4.79 Å². The highest BCUT2D eigenvalue weighted by molar-refractivity contribution is 6.00.